The molecule has 3 rings (SSSR count). The van der Waals surface area contributed by atoms with E-state index in [1.807, 2.05) is 0 Å². The van der Waals surface area contributed by atoms with E-state index in [2.05, 4.69) is 29.2 Å². The minimum atomic E-state index is -1.02. The highest BCUT2D eigenvalue weighted by atomic mass is 16.5. The second-order valence-corrected chi connectivity index (χ2v) is 5.94. The molecule has 2 aliphatic rings. The Morgan fingerprint density at radius 1 is 1.45 bits per heavy atom. The minimum Gasteiger partial charge on any atom is -0.479 e. The number of likely N-dealkylation sites (tertiary alicyclic amines) is 1. The second kappa shape index (κ2) is 5.19. The Morgan fingerprint density at radius 3 is 2.80 bits per heavy atom. The maximum absolute atomic E-state index is 11.4. The molecule has 1 saturated heterocycles. The molecule has 1 atom stereocenters. The zero-order valence-electron chi connectivity index (χ0n) is 11.8. The third-order valence-electron chi connectivity index (χ3n) is 4.56. The summed E-state index contributed by atoms with van der Waals surface area (Å²) in [5.74, 6) is -0.126. The molecule has 0 bridgehead atoms. The van der Waals surface area contributed by atoms with Crippen molar-refractivity contribution >= 4 is 5.97 Å². The maximum Gasteiger partial charge on any atom is 0.337 e. The number of ether oxygens (including phenoxy) is 1. The standard InChI is InChI=1S/C16H21NO3/c1-20-16(15(18)19)8-9-17(11-16)10-13-4-2-3-5-14(13)12-6-7-12/h2-5,12H,6-11H2,1H3,(H,18,19). The Kier molecular flexibility index (Phi) is 3.52. The van der Waals surface area contributed by atoms with E-state index in [4.69, 9.17) is 4.74 Å². The van der Waals surface area contributed by atoms with Gasteiger partial charge in [-0.1, -0.05) is 24.3 Å². The van der Waals surface area contributed by atoms with E-state index < -0.39 is 11.6 Å². The summed E-state index contributed by atoms with van der Waals surface area (Å²) in [6, 6.07) is 8.54. The highest BCUT2D eigenvalue weighted by molar-refractivity contribution is 5.78. The third-order valence-corrected chi connectivity index (χ3v) is 4.56. The smallest absolute Gasteiger partial charge is 0.337 e. The van der Waals surface area contributed by atoms with Crippen molar-refractivity contribution in [3.05, 3.63) is 35.4 Å². The maximum atomic E-state index is 11.4. The summed E-state index contributed by atoms with van der Waals surface area (Å²) in [5, 5.41) is 9.35. The SMILES string of the molecule is COC1(C(=O)O)CCN(Cc2ccccc2C2CC2)C1. The fourth-order valence-electron chi connectivity index (χ4n) is 3.13. The Bertz CT molecular complexity index is 512. The number of benzene rings is 1. The first-order valence-electron chi connectivity index (χ1n) is 7.23. The number of nitrogens with zero attached hydrogens (tertiary/aromatic N) is 1. The summed E-state index contributed by atoms with van der Waals surface area (Å²) in [7, 11) is 1.50. The Balaban J connectivity index is 1.72. The molecule has 1 aromatic rings. The molecule has 1 aliphatic heterocycles. The summed E-state index contributed by atoms with van der Waals surface area (Å²) >= 11 is 0. The first kappa shape index (κ1) is 13.6. The lowest BCUT2D eigenvalue weighted by atomic mass is 10.0. The number of hydrogen-bond donors (Lipinski definition) is 1. The molecule has 1 saturated carbocycles. The highest BCUT2D eigenvalue weighted by Crippen LogP contribution is 2.42. The van der Waals surface area contributed by atoms with Crippen molar-refractivity contribution in [1.82, 2.24) is 4.90 Å². The molecule has 4 heteroatoms. The molecule has 1 heterocycles. The highest BCUT2D eigenvalue weighted by Gasteiger charge is 2.45. The fourth-order valence-corrected chi connectivity index (χ4v) is 3.13. The van der Waals surface area contributed by atoms with Gasteiger partial charge in [0.2, 0.25) is 0 Å². The van der Waals surface area contributed by atoms with Crippen LogP contribution in [0.3, 0.4) is 0 Å². The van der Waals surface area contributed by atoms with Gasteiger partial charge in [0.1, 0.15) is 0 Å². The van der Waals surface area contributed by atoms with Crippen LogP contribution in [0.25, 0.3) is 0 Å². The summed E-state index contributed by atoms with van der Waals surface area (Å²) < 4.78 is 5.28. The molecule has 1 unspecified atom stereocenters. The molecule has 0 spiro atoms. The van der Waals surface area contributed by atoms with Crippen molar-refractivity contribution in [3.63, 3.8) is 0 Å². The van der Waals surface area contributed by atoms with Gasteiger partial charge >= 0.3 is 5.97 Å². The van der Waals surface area contributed by atoms with E-state index in [0.717, 1.165) is 19.0 Å². The van der Waals surface area contributed by atoms with Crippen LogP contribution in [-0.4, -0.2) is 41.8 Å². The van der Waals surface area contributed by atoms with E-state index >= 15 is 0 Å². The molecule has 108 valence electrons. The van der Waals surface area contributed by atoms with Crippen LogP contribution in [0.1, 0.15) is 36.3 Å². The number of methoxy groups -OCH3 is 1. The normalized spacial score (nSPS) is 26.9. The average molecular weight is 275 g/mol. The summed E-state index contributed by atoms with van der Waals surface area (Å²) in [6.07, 6.45) is 3.13. The van der Waals surface area contributed by atoms with Crippen LogP contribution < -0.4 is 0 Å². The predicted molar refractivity (Wildman–Crippen MR) is 75.7 cm³/mol. The monoisotopic (exact) mass is 275 g/mol. The van der Waals surface area contributed by atoms with Crippen molar-refractivity contribution in [3.8, 4) is 0 Å². The van der Waals surface area contributed by atoms with E-state index in [1.54, 1.807) is 0 Å². The van der Waals surface area contributed by atoms with Gasteiger partial charge in [0, 0.05) is 33.2 Å². The Hall–Kier alpha value is -1.39. The van der Waals surface area contributed by atoms with Gasteiger partial charge in [-0.15, -0.1) is 0 Å². The van der Waals surface area contributed by atoms with Gasteiger partial charge in [-0.2, -0.15) is 0 Å². The van der Waals surface area contributed by atoms with Crippen LogP contribution >= 0.6 is 0 Å². The molecule has 20 heavy (non-hydrogen) atoms. The van der Waals surface area contributed by atoms with Gasteiger partial charge in [-0.25, -0.2) is 4.79 Å². The molecule has 0 amide bonds. The van der Waals surface area contributed by atoms with Crippen molar-refractivity contribution in [1.29, 1.82) is 0 Å². The van der Waals surface area contributed by atoms with Crippen molar-refractivity contribution in [2.24, 2.45) is 0 Å². The van der Waals surface area contributed by atoms with Crippen LogP contribution in [0.5, 0.6) is 0 Å². The van der Waals surface area contributed by atoms with Crippen LogP contribution in [0.4, 0.5) is 0 Å². The van der Waals surface area contributed by atoms with E-state index in [1.165, 1.54) is 31.1 Å². The van der Waals surface area contributed by atoms with Gasteiger partial charge in [-0.05, 0) is 29.9 Å². The molecule has 1 N–H and O–H groups in total. The molecular formula is C16H21NO3. The van der Waals surface area contributed by atoms with Gasteiger partial charge in [0.15, 0.2) is 5.60 Å². The lowest BCUT2D eigenvalue weighted by Crippen LogP contribution is -2.43. The summed E-state index contributed by atoms with van der Waals surface area (Å²) in [5.41, 5.74) is 1.76. The van der Waals surface area contributed by atoms with Crippen molar-refractivity contribution in [2.75, 3.05) is 20.2 Å². The van der Waals surface area contributed by atoms with Crippen LogP contribution in [0.2, 0.25) is 0 Å². The van der Waals surface area contributed by atoms with Gasteiger partial charge in [0.25, 0.3) is 0 Å². The number of carboxylic acid groups (broad SMARTS) is 1. The van der Waals surface area contributed by atoms with E-state index in [0.29, 0.717) is 13.0 Å². The molecule has 2 fully saturated rings. The summed E-state index contributed by atoms with van der Waals surface area (Å²) in [4.78, 5) is 13.6. The summed E-state index contributed by atoms with van der Waals surface area (Å²) in [6.45, 7) is 2.07. The third kappa shape index (κ3) is 2.45. The van der Waals surface area contributed by atoms with Crippen LogP contribution in [0, 0.1) is 0 Å². The van der Waals surface area contributed by atoms with Gasteiger partial charge < -0.3 is 9.84 Å². The molecule has 0 radical (unpaired) electrons. The van der Waals surface area contributed by atoms with Crippen LogP contribution in [0.15, 0.2) is 24.3 Å². The first-order chi connectivity index (χ1) is 9.64. The molecule has 1 aromatic carbocycles. The fraction of sp³-hybridized carbons (Fsp3) is 0.562. The topological polar surface area (TPSA) is 49.8 Å². The van der Waals surface area contributed by atoms with Crippen molar-refractivity contribution < 1.29 is 14.6 Å². The molecule has 4 nitrogen and oxygen atoms in total. The quantitative estimate of drug-likeness (QED) is 0.895. The number of rotatable bonds is 5. The second-order valence-electron chi connectivity index (χ2n) is 5.94. The number of hydrogen-bond acceptors (Lipinski definition) is 3. The molecule has 0 aromatic heterocycles. The largest absolute Gasteiger partial charge is 0.479 e. The molecular weight excluding hydrogens is 254 g/mol. The number of aliphatic carboxylic acids is 1. The Labute approximate surface area is 119 Å². The van der Waals surface area contributed by atoms with Crippen LogP contribution in [-0.2, 0) is 16.1 Å². The Morgan fingerprint density at radius 2 is 2.20 bits per heavy atom. The van der Waals surface area contributed by atoms with E-state index in [9.17, 15) is 9.90 Å². The van der Waals surface area contributed by atoms with Gasteiger partial charge in [0.05, 0.1) is 0 Å². The first-order valence-corrected chi connectivity index (χ1v) is 7.23. The zero-order valence-corrected chi connectivity index (χ0v) is 11.8. The lowest BCUT2D eigenvalue weighted by Gasteiger charge is -2.23. The zero-order chi connectivity index (χ0) is 14.2. The lowest BCUT2D eigenvalue weighted by molar-refractivity contribution is -0.160. The predicted octanol–water partition coefficient (Wildman–Crippen LogP) is 2.24. The number of carbonyl (C=O) groups is 1. The average Bonchev–Trinajstić information content (AvgIpc) is 3.20. The minimum absolute atomic E-state index is 0.470. The number of carboxylic acids is 1. The van der Waals surface area contributed by atoms with Gasteiger partial charge in [-0.3, -0.25) is 4.90 Å². The van der Waals surface area contributed by atoms with Crippen molar-refractivity contribution in [2.45, 2.75) is 37.3 Å². The van der Waals surface area contributed by atoms with E-state index in [-0.39, 0.29) is 0 Å². The molecule has 1 aliphatic carbocycles.